The van der Waals surface area contributed by atoms with Crippen LogP contribution in [-0.2, 0) is 23.1 Å². The van der Waals surface area contributed by atoms with Crippen LogP contribution >= 0.6 is 0 Å². The van der Waals surface area contributed by atoms with E-state index in [1.54, 1.807) is 18.1 Å². The van der Waals surface area contributed by atoms with Crippen molar-refractivity contribution in [3.8, 4) is 0 Å². The van der Waals surface area contributed by atoms with Gasteiger partial charge in [0.25, 0.3) is 0 Å². The number of rotatable bonds is 5. The fourth-order valence-electron chi connectivity index (χ4n) is 2.67. The van der Waals surface area contributed by atoms with E-state index in [0.29, 0.717) is 31.6 Å². The van der Waals surface area contributed by atoms with Gasteiger partial charge < -0.3 is 10.4 Å². The van der Waals surface area contributed by atoms with Gasteiger partial charge in [0.05, 0.1) is 11.8 Å². The predicted molar refractivity (Wildman–Crippen MR) is 70.8 cm³/mol. The van der Waals surface area contributed by atoms with Crippen LogP contribution in [0.15, 0.2) is 6.33 Å². The van der Waals surface area contributed by atoms with Gasteiger partial charge in [-0.05, 0) is 12.8 Å². The normalized spacial score (nSPS) is 22.4. The summed E-state index contributed by atoms with van der Waals surface area (Å²) in [6, 6.07) is 0. The van der Waals surface area contributed by atoms with Crippen LogP contribution in [0.5, 0.6) is 0 Å². The van der Waals surface area contributed by atoms with Crippen molar-refractivity contribution < 1.29 is 14.7 Å². The molecule has 1 aromatic rings. The number of nitrogens with one attached hydrogen (secondary N) is 1. The van der Waals surface area contributed by atoms with E-state index in [2.05, 4.69) is 15.4 Å². The molecule has 1 aromatic heterocycles. The summed E-state index contributed by atoms with van der Waals surface area (Å²) in [4.78, 5) is 27.3. The second-order valence-corrected chi connectivity index (χ2v) is 5.21. The lowest BCUT2D eigenvalue weighted by Gasteiger charge is -2.27. The standard InChI is InChI=1S/C13H20N4O3/c1-17-8-15-11(16-17)6-7-14-12(18)9-4-2-3-5-10(9)13(19)20/h8-10H,2-7H2,1H3,(H,14,18)(H,19,20)/t9-,10+/m1/s1. The second kappa shape index (κ2) is 6.49. The predicted octanol–water partition coefficient (Wildman–Crippen LogP) is 0.365. The largest absolute Gasteiger partial charge is 0.481 e. The Hall–Kier alpha value is -1.92. The Balaban J connectivity index is 1.82. The summed E-state index contributed by atoms with van der Waals surface area (Å²) < 4.78 is 1.61. The van der Waals surface area contributed by atoms with Gasteiger partial charge in [0.2, 0.25) is 5.91 Å². The Morgan fingerprint density at radius 2 is 2.10 bits per heavy atom. The number of nitrogens with zero attached hydrogens (tertiary/aromatic N) is 3. The quantitative estimate of drug-likeness (QED) is 0.812. The minimum absolute atomic E-state index is 0.159. The van der Waals surface area contributed by atoms with Gasteiger partial charge in [-0.25, -0.2) is 4.98 Å². The Labute approximate surface area is 117 Å². The molecule has 0 unspecified atom stereocenters. The lowest BCUT2D eigenvalue weighted by atomic mass is 9.79. The summed E-state index contributed by atoms with van der Waals surface area (Å²) in [5.41, 5.74) is 0. The Morgan fingerprint density at radius 1 is 1.40 bits per heavy atom. The third kappa shape index (κ3) is 3.55. The molecule has 0 radical (unpaired) electrons. The van der Waals surface area contributed by atoms with E-state index in [4.69, 9.17) is 5.11 Å². The van der Waals surface area contributed by atoms with Crippen molar-refractivity contribution >= 4 is 11.9 Å². The first-order chi connectivity index (χ1) is 9.58. The van der Waals surface area contributed by atoms with Gasteiger partial charge in [0.15, 0.2) is 5.82 Å². The second-order valence-electron chi connectivity index (χ2n) is 5.21. The summed E-state index contributed by atoms with van der Waals surface area (Å²) in [7, 11) is 1.79. The molecule has 2 N–H and O–H groups in total. The molecule has 0 saturated heterocycles. The zero-order valence-corrected chi connectivity index (χ0v) is 11.6. The maximum atomic E-state index is 12.1. The summed E-state index contributed by atoms with van der Waals surface area (Å²) in [5, 5.41) is 16.1. The zero-order valence-electron chi connectivity index (χ0n) is 11.6. The number of carbonyl (C=O) groups excluding carboxylic acids is 1. The molecule has 0 bridgehead atoms. The molecule has 1 aliphatic rings. The molecular weight excluding hydrogens is 260 g/mol. The molecule has 0 aliphatic heterocycles. The van der Waals surface area contributed by atoms with Gasteiger partial charge in [-0.2, -0.15) is 5.10 Å². The maximum absolute atomic E-state index is 12.1. The summed E-state index contributed by atoms with van der Waals surface area (Å²) in [6.45, 7) is 0.436. The Morgan fingerprint density at radius 3 is 2.70 bits per heavy atom. The topological polar surface area (TPSA) is 97.1 Å². The number of hydrogen-bond donors (Lipinski definition) is 2. The van der Waals surface area contributed by atoms with Gasteiger partial charge >= 0.3 is 5.97 Å². The number of hydrogen-bond acceptors (Lipinski definition) is 4. The number of amides is 1. The van der Waals surface area contributed by atoms with Crippen LogP contribution in [0.1, 0.15) is 31.5 Å². The molecule has 1 heterocycles. The van der Waals surface area contributed by atoms with Gasteiger partial charge in [0.1, 0.15) is 6.33 Å². The summed E-state index contributed by atoms with van der Waals surface area (Å²) in [5.74, 6) is -1.30. The summed E-state index contributed by atoms with van der Waals surface area (Å²) in [6.07, 6.45) is 5.22. The minimum atomic E-state index is -0.865. The van der Waals surface area contributed by atoms with E-state index in [1.807, 2.05) is 0 Å². The molecule has 1 saturated carbocycles. The van der Waals surface area contributed by atoms with Crippen LogP contribution in [0.25, 0.3) is 0 Å². The summed E-state index contributed by atoms with van der Waals surface area (Å²) >= 11 is 0. The highest BCUT2D eigenvalue weighted by Crippen LogP contribution is 2.30. The highest BCUT2D eigenvalue weighted by molar-refractivity contribution is 5.84. The van der Waals surface area contributed by atoms with Crippen molar-refractivity contribution in [1.29, 1.82) is 0 Å². The van der Waals surface area contributed by atoms with E-state index in [0.717, 1.165) is 12.8 Å². The first kappa shape index (κ1) is 14.5. The van der Waals surface area contributed by atoms with Gasteiger partial charge in [-0.1, -0.05) is 12.8 Å². The molecule has 0 aromatic carbocycles. The van der Waals surface area contributed by atoms with Crippen molar-refractivity contribution in [2.75, 3.05) is 6.54 Å². The molecule has 0 spiro atoms. The Kier molecular flexibility index (Phi) is 4.70. The first-order valence-corrected chi connectivity index (χ1v) is 6.93. The molecule has 110 valence electrons. The molecule has 2 rings (SSSR count). The van der Waals surface area contributed by atoms with Crippen molar-refractivity contribution in [1.82, 2.24) is 20.1 Å². The molecule has 20 heavy (non-hydrogen) atoms. The van der Waals surface area contributed by atoms with Crippen molar-refractivity contribution in [3.63, 3.8) is 0 Å². The smallest absolute Gasteiger partial charge is 0.307 e. The van der Waals surface area contributed by atoms with Crippen LogP contribution in [0.4, 0.5) is 0 Å². The van der Waals surface area contributed by atoms with Crippen LogP contribution in [0.2, 0.25) is 0 Å². The van der Waals surface area contributed by atoms with E-state index in [1.165, 1.54) is 0 Å². The monoisotopic (exact) mass is 280 g/mol. The molecule has 7 nitrogen and oxygen atoms in total. The minimum Gasteiger partial charge on any atom is -0.481 e. The lowest BCUT2D eigenvalue weighted by molar-refractivity contribution is -0.148. The van der Waals surface area contributed by atoms with Crippen molar-refractivity contribution in [2.24, 2.45) is 18.9 Å². The molecule has 7 heteroatoms. The third-order valence-corrected chi connectivity index (χ3v) is 3.71. The van der Waals surface area contributed by atoms with E-state index < -0.39 is 17.8 Å². The Bertz CT molecular complexity index is 486. The number of aryl methyl sites for hydroxylation is 1. The van der Waals surface area contributed by atoms with Crippen LogP contribution in [-0.4, -0.2) is 38.3 Å². The highest BCUT2D eigenvalue weighted by Gasteiger charge is 2.35. The SMILES string of the molecule is Cn1cnc(CCNC(=O)[C@@H]2CCCC[C@@H]2C(=O)O)n1. The lowest BCUT2D eigenvalue weighted by Crippen LogP contribution is -2.40. The average Bonchev–Trinajstić information content (AvgIpc) is 2.84. The van der Waals surface area contributed by atoms with Crippen molar-refractivity contribution in [3.05, 3.63) is 12.2 Å². The zero-order chi connectivity index (χ0) is 14.5. The van der Waals surface area contributed by atoms with Crippen LogP contribution in [0.3, 0.4) is 0 Å². The number of carbonyl (C=O) groups is 2. The number of aromatic nitrogens is 3. The van der Waals surface area contributed by atoms with Gasteiger partial charge in [0, 0.05) is 20.0 Å². The van der Waals surface area contributed by atoms with E-state index in [9.17, 15) is 9.59 Å². The number of carboxylic acids is 1. The maximum Gasteiger partial charge on any atom is 0.307 e. The van der Waals surface area contributed by atoms with E-state index in [-0.39, 0.29) is 5.91 Å². The molecule has 1 aliphatic carbocycles. The molecule has 1 amide bonds. The fourth-order valence-corrected chi connectivity index (χ4v) is 2.67. The highest BCUT2D eigenvalue weighted by atomic mass is 16.4. The van der Waals surface area contributed by atoms with Crippen LogP contribution < -0.4 is 5.32 Å². The molecular formula is C13H20N4O3. The van der Waals surface area contributed by atoms with Gasteiger partial charge in [-0.3, -0.25) is 14.3 Å². The molecule has 2 atom stereocenters. The van der Waals surface area contributed by atoms with Gasteiger partial charge in [-0.15, -0.1) is 0 Å². The fraction of sp³-hybridized carbons (Fsp3) is 0.692. The average molecular weight is 280 g/mol. The van der Waals surface area contributed by atoms with Crippen LogP contribution in [0, 0.1) is 11.8 Å². The number of aliphatic carboxylic acids is 1. The van der Waals surface area contributed by atoms with E-state index >= 15 is 0 Å². The first-order valence-electron chi connectivity index (χ1n) is 6.93. The molecule has 1 fully saturated rings. The van der Waals surface area contributed by atoms with Crippen molar-refractivity contribution in [2.45, 2.75) is 32.1 Å². The number of carboxylic acid groups (broad SMARTS) is 1. The third-order valence-electron chi connectivity index (χ3n) is 3.71.